The molecule has 0 aliphatic carbocycles. The number of nitrogen functional groups attached to an aromatic ring is 1. The molecule has 0 spiro atoms. The van der Waals surface area contributed by atoms with Gasteiger partial charge in [0.1, 0.15) is 29.0 Å². The first-order valence-electron chi connectivity index (χ1n) is 6.14. The lowest BCUT2D eigenvalue weighted by atomic mass is 10.1. The molecule has 0 aliphatic heterocycles. The molecule has 4 nitrogen and oxygen atoms in total. The highest BCUT2D eigenvalue weighted by Crippen LogP contribution is 2.34. The second kappa shape index (κ2) is 4.11. The smallest absolute Gasteiger partial charge is 0.139 e. The van der Waals surface area contributed by atoms with Gasteiger partial charge in [-0.15, -0.1) is 0 Å². The number of imidazole rings is 1. The number of rotatable bonds is 1. The van der Waals surface area contributed by atoms with Crippen molar-refractivity contribution >= 4 is 38.4 Å². The zero-order valence-electron chi connectivity index (χ0n) is 10.4. The number of nitrogens with zero attached hydrogens (tertiary/aromatic N) is 2. The number of para-hydroxylation sites is 1. The lowest BCUT2D eigenvalue weighted by Crippen LogP contribution is -1.93. The Hall–Kier alpha value is -2.27. The lowest BCUT2D eigenvalue weighted by Gasteiger charge is -1.98. The molecule has 0 unspecified atom stereocenters. The predicted molar refractivity (Wildman–Crippen MR) is 82.5 cm³/mol. The van der Waals surface area contributed by atoms with Crippen LogP contribution in [0.15, 0.2) is 57.7 Å². The SMILES string of the molecule is Nc1c(-c2coc3ccccc23)nc2ccc(Br)cn12. The normalized spacial score (nSPS) is 11.4. The average molecular weight is 328 g/mol. The van der Waals surface area contributed by atoms with Crippen LogP contribution in [0, 0.1) is 0 Å². The first kappa shape index (κ1) is 11.5. The number of hydrogen-bond donors (Lipinski definition) is 1. The number of benzene rings is 1. The van der Waals surface area contributed by atoms with Gasteiger partial charge in [-0.2, -0.15) is 0 Å². The highest BCUT2D eigenvalue weighted by atomic mass is 79.9. The quantitative estimate of drug-likeness (QED) is 0.572. The third kappa shape index (κ3) is 1.56. The summed E-state index contributed by atoms with van der Waals surface area (Å²) < 4.78 is 8.38. The van der Waals surface area contributed by atoms with Gasteiger partial charge in [0.2, 0.25) is 0 Å². The standard InChI is InChI=1S/C15H10BrN3O/c16-9-5-6-13-18-14(15(17)19(13)7-9)11-8-20-12-4-2-1-3-10(11)12/h1-8H,17H2. The molecule has 4 rings (SSSR count). The maximum absolute atomic E-state index is 6.23. The Bertz CT molecular complexity index is 939. The predicted octanol–water partition coefficient (Wildman–Crippen LogP) is 4.09. The molecule has 1 aromatic carbocycles. The summed E-state index contributed by atoms with van der Waals surface area (Å²) >= 11 is 3.44. The Morgan fingerprint density at radius 3 is 2.90 bits per heavy atom. The van der Waals surface area contributed by atoms with E-state index in [2.05, 4.69) is 20.9 Å². The van der Waals surface area contributed by atoms with Gasteiger partial charge in [0.15, 0.2) is 0 Å². The molecule has 0 saturated heterocycles. The Balaban J connectivity index is 2.05. The molecule has 0 fully saturated rings. The number of fused-ring (bicyclic) bond motifs is 2. The van der Waals surface area contributed by atoms with Crippen molar-refractivity contribution in [2.24, 2.45) is 0 Å². The molecule has 0 amide bonds. The number of halogens is 1. The largest absolute Gasteiger partial charge is 0.464 e. The minimum Gasteiger partial charge on any atom is -0.464 e. The summed E-state index contributed by atoms with van der Waals surface area (Å²) in [6.07, 6.45) is 3.61. The number of anilines is 1. The summed E-state index contributed by atoms with van der Waals surface area (Å²) in [4.78, 5) is 4.60. The van der Waals surface area contributed by atoms with Crippen molar-refractivity contribution in [3.8, 4) is 11.3 Å². The van der Waals surface area contributed by atoms with Crippen LogP contribution in [0.3, 0.4) is 0 Å². The highest BCUT2D eigenvalue weighted by Gasteiger charge is 2.16. The molecular weight excluding hydrogens is 318 g/mol. The van der Waals surface area contributed by atoms with Crippen LogP contribution in [0.5, 0.6) is 0 Å². The molecule has 20 heavy (non-hydrogen) atoms. The molecule has 0 bridgehead atoms. The summed E-state index contributed by atoms with van der Waals surface area (Å²) in [6.45, 7) is 0. The van der Waals surface area contributed by atoms with Gasteiger partial charge < -0.3 is 10.2 Å². The summed E-state index contributed by atoms with van der Waals surface area (Å²) in [5.74, 6) is 0.604. The van der Waals surface area contributed by atoms with Gasteiger partial charge in [-0.25, -0.2) is 4.98 Å². The van der Waals surface area contributed by atoms with E-state index in [1.165, 1.54) is 0 Å². The summed E-state index contributed by atoms with van der Waals surface area (Å²) in [6, 6.07) is 11.7. The Labute approximate surface area is 123 Å². The molecule has 98 valence electrons. The molecule has 4 aromatic rings. The monoisotopic (exact) mass is 327 g/mol. The van der Waals surface area contributed by atoms with Crippen molar-refractivity contribution in [2.75, 3.05) is 5.73 Å². The van der Waals surface area contributed by atoms with E-state index in [1.54, 1.807) is 6.26 Å². The molecule has 3 aromatic heterocycles. The Morgan fingerprint density at radius 2 is 2.00 bits per heavy atom. The lowest BCUT2D eigenvalue weighted by molar-refractivity contribution is 0.617. The Morgan fingerprint density at radius 1 is 1.15 bits per heavy atom. The van der Waals surface area contributed by atoms with E-state index in [1.807, 2.05) is 47.0 Å². The van der Waals surface area contributed by atoms with Gasteiger partial charge in [-0.1, -0.05) is 18.2 Å². The maximum atomic E-state index is 6.23. The van der Waals surface area contributed by atoms with Gasteiger partial charge in [-0.05, 0) is 34.1 Å². The third-order valence-corrected chi connectivity index (χ3v) is 3.82. The molecule has 0 aliphatic rings. The number of aromatic nitrogens is 2. The first-order chi connectivity index (χ1) is 9.74. The average Bonchev–Trinajstić information content (AvgIpc) is 3.01. The molecule has 0 radical (unpaired) electrons. The van der Waals surface area contributed by atoms with E-state index in [4.69, 9.17) is 10.2 Å². The molecule has 0 atom stereocenters. The van der Waals surface area contributed by atoms with Gasteiger partial charge in [0.05, 0.1) is 5.56 Å². The summed E-state index contributed by atoms with van der Waals surface area (Å²) in [5, 5.41) is 1.02. The Kier molecular flexibility index (Phi) is 2.37. The molecule has 0 saturated carbocycles. The van der Waals surface area contributed by atoms with Crippen LogP contribution in [-0.2, 0) is 0 Å². The van der Waals surface area contributed by atoms with Crippen molar-refractivity contribution in [1.82, 2.24) is 9.38 Å². The molecule has 2 N–H and O–H groups in total. The first-order valence-corrected chi connectivity index (χ1v) is 6.93. The van der Waals surface area contributed by atoms with E-state index in [0.717, 1.165) is 32.3 Å². The fourth-order valence-electron chi connectivity index (χ4n) is 2.40. The number of nitrogens with two attached hydrogens (primary N) is 1. The summed E-state index contributed by atoms with van der Waals surface area (Å²) in [5.41, 5.74) is 9.53. The van der Waals surface area contributed by atoms with Gasteiger partial charge >= 0.3 is 0 Å². The van der Waals surface area contributed by atoms with Crippen LogP contribution < -0.4 is 5.73 Å². The van der Waals surface area contributed by atoms with E-state index >= 15 is 0 Å². The summed E-state index contributed by atoms with van der Waals surface area (Å²) in [7, 11) is 0. The minimum atomic E-state index is 0.604. The minimum absolute atomic E-state index is 0.604. The van der Waals surface area contributed by atoms with Crippen LogP contribution in [0.4, 0.5) is 5.82 Å². The van der Waals surface area contributed by atoms with Crippen molar-refractivity contribution in [2.45, 2.75) is 0 Å². The van der Waals surface area contributed by atoms with Crippen LogP contribution in [0.25, 0.3) is 27.9 Å². The van der Waals surface area contributed by atoms with E-state index < -0.39 is 0 Å². The van der Waals surface area contributed by atoms with E-state index in [-0.39, 0.29) is 0 Å². The number of furan rings is 1. The van der Waals surface area contributed by atoms with E-state index in [9.17, 15) is 0 Å². The second-order valence-electron chi connectivity index (χ2n) is 4.57. The van der Waals surface area contributed by atoms with Gasteiger partial charge in [0.25, 0.3) is 0 Å². The zero-order chi connectivity index (χ0) is 13.7. The molecular formula is C15H10BrN3O. The topological polar surface area (TPSA) is 56.5 Å². The van der Waals surface area contributed by atoms with Crippen LogP contribution in [0.1, 0.15) is 0 Å². The number of pyridine rings is 1. The third-order valence-electron chi connectivity index (χ3n) is 3.36. The van der Waals surface area contributed by atoms with Crippen LogP contribution >= 0.6 is 15.9 Å². The fraction of sp³-hybridized carbons (Fsp3) is 0. The number of hydrogen-bond acceptors (Lipinski definition) is 3. The van der Waals surface area contributed by atoms with Crippen molar-refractivity contribution in [1.29, 1.82) is 0 Å². The van der Waals surface area contributed by atoms with Crippen molar-refractivity contribution < 1.29 is 4.42 Å². The van der Waals surface area contributed by atoms with Gasteiger partial charge in [-0.3, -0.25) is 4.40 Å². The van der Waals surface area contributed by atoms with Crippen molar-refractivity contribution in [3.05, 3.63) is 53.3 Å². The van der Waals surface area contributed by atoms with Crippen LogP contribution in [0.2, 0.25) is 0 Å². The zero-order valence-corrected chi connectivity index (χ0v) is 12.0. The van der Waals surface area contributed by atoms with Crippen LogP contribution in [-0.4, -0.2) is 9.38 Å². The fourth-order valence-corrected chi connectivity index (χ4v) is 2.73. The maximum Gasteiger partial charge on any atom is 0.139 e. The second-order valence-corrected chi connectivity index (χ2v) is 5.48. The van der Waals surface area contributed by atoms with Gasteiger partial charge in [0, 0.05) is 16.1 Å². The molecule has 3 heterocycles. The van der Waals surface area contributed by atoms with Crippen molar-refractivity contribution in [3.63, 3.8) is 0 Å². The highest BCUT2D eigenvalue weighted by molar-refractivity contribution is 9.10. The van der Waals surface area contributed by atoms with E-state index in [0.29, 0.717) is 5.82 Å². The molecule has 5 heteroatoms.